The van der Waals surface area contributed by atoms with E-state index in [1.807, 2.05) is 12.1 Å². The van der Waals surface area contributed by atoms with Crippen LogP contribution in [-0.4, -0.2) is 22.8 Å². The Hall–Kier alpha value is -1.81. The number of amides is 1. The Bertz CT molecular complexity index is 668. The zero-order valence-corrected chi connectivity index (χ0v) is 12.8. The number of carbonyl (C=O) groups excluding carboxylic acids is 1. The van der Waals surface area contributed by atoms with E-state index in [1.165, 1.54) is 6.42 Å². The molecule has 1 aliphatic carbocycles. The van der Waals surface area contributed by atoms with Crippen LogP contribution in [0.3, 0.4) is 0 Å². The number of hydrogen-bond acceptors (Lipinski definition) is 3. The molecule has 0 spiro atoms. The average Bonchev–Trinajstić information content (AvgIpc) is 3.01. The Kier molecular flexibility index (Phi) is 3.72. The standard InChI is InChI=1S/C16H17ClN2O2/c1-10-8-12(10)14-7-6-11(21-14)9-19(2)16(20)13-4-3-5-15(17)18-13/h3-7,10,12H,8-9H2,1-2H3. The number of hydrogen-bond donors (Lipinski definition) is 0. The smallest absolute Gasteiger partial charge is 0.272 e. The van der Waals surface area contributed by atoms with Crippen LogP contribution in [0.15, 0.2) is 34.7 Å². The predicted octanol–water partition coefficient (Wildman–Crippen LogP) is 3.72. The normalized spacial score (nSPS) is 20.3. The molecule has 0 radical (unpaired) electrons. The van der Waals surface area contributed by atoms with Crippen LogP contribution in [0, 0.1) is 5.92 Å². The van der Waals surface area contributed by atoms with Crippen molar-refractivity contribution in [2.45, 2.75) is 25.8 Å². The van der Waals surface area contributed by atoms with Crippen LogP contribution in [0.25, 0.3) is 0 Å². The SMILES string of the molecule is CC1CC1c1ccc(CN(C)C(=O)c2cccc(Cl)n2)o1. The van der Waals surface area contributed by atoms with Crippen LogP contribution in [0.1, 0.15) is 41.3 Å². The molecule has 2 unspecified atom stereocenters. The van der Waals surface area contributed by atoms with Crippen LogP contribution >= 0.6 is 11.6 Å². The molecular weight excluding hydrogens is 288 g/mol. The zero-order chi connectivity index (χ0) is 15.0. The monoisotopic (exact) mass is 304 g/mol. The van der Waals surface area contributed by atoms with Crippen molar-refractivity contribution in [2.75, 3.05) is 7.05 Å². The van der Waals surface area contributed by atoms with Gasteiger partial charge in [-0.05, 0) is 36.6 Å². The molecule has 4 nitrogen and oxygen atoms in total. The average molecular weight is 305 g/mol. The van der Waals surface area contributed by atoms with Gasteiger partial charge in [-0.2, -0.15) is 0 Å². The Labute approximate surface area is 128 Å². The predicted molar refractivity (Wildman–Crippen MR) is 80.3 cm³/mol. The van der Waals surface area contributed by atoms with E-state index in [0.717, 1.165) is 11.5 Å². The van der Waals surface area contributed by atoms with E-state index < -0.39 is 0 Å². The highest BCUT2D eigenvalue weighted by Crippen LogP contribution is 2.47. The van der Waals surface area contributed by atoms with E-state index in [1.54, 1.807) is 30.1 Å². The Morgan fingerprint density at radius 2 is 2.19 bits per heavy atom. The molecule has 110 valence electrons. The molecule has 5 heteroatoms. The third kappa shape index (κ3) is 3.10. The molecule has 0 N–H and O–H groups in total. The molecule has 21 heavy (non-hydrogen) atoms. The van der Waals surface area contributed by atoms with Crippen molar-refractivity contribution < 1.29 is 9.21 Å². The van der Waals surface area contributed by atoms with Gasteiger partial charge in [-0.1, -0.05) is 24.6 Å². The Balaban J connectivity index is 1.66. The first-order valence-corrected chi connectivity index (χ1v) is 7.39. The minimum atomic E-state index is -0.171. The second-order valence-electron chi connectivity index (χ2n) is 5.63. The highest BCUT2D eigenvalue weighted by atomic mass is 35.5. The molecule has 1 aliphatic rings. The molecule has 1 fully saturated rings. The van der Waals surface area contributed by atoms with E-state index in [9.17, 15) is 4.79 Å². The van der Waals surface area contributed by atoms with Crippen LogP contribution < -0.4 is 0 Å². The molecule has 1 amide bonds. The van der Waals surface area contributed by atoms with Gasteiger partial charge in [-0.3, -0.25) is 4.79 Å². The lowest BCUT2D eigenvalue weighted by Crippen LogP contribution is -2.26. The summed E-state index contributed by atoms with van der Waals surface area (Å²) in [4.78, 5) is 17.9. The lowest BCUT2D eigenvalue weighted by Gasteiger charge is -2.15. The van der Waals surface area contributed by atoms with Gasteiger partial charge in [0, 0.05) is 13.0 Å². The van der Waals surface area contributed by atoms with Gasteiger partial charge >= 0.3 is 0 Å². The minimum Gasteiger partial charge on any atom is -0.464 e. The largest absolute Gasteiger partial charge is 0.464 e. The topological polar surface area (TPSA) is 46.3 Å². The van der Waals surface area contributed by atoms with Crippen LogP contribution in [-0.2, 0) is 6.54 Å². The molecule has 0 aromatic carbocycles. The molecule has 3 rings (SSSR count). The fraction of sp³-hybridized carbons (Fsp3) is 0.375. The van der Waals surface area contributed by atoms with Crippen molar-refractivity contribution in [3.63, 3.8) is 0 Å². The molecular formula is C16H17ClN2O2. The summed E-state index contributed by atoms with van der Waals surface area (Å²) >= 11 is 5.81. The number of rotatable bonds is 4. The van der Waals surface area contributed by atoms with Crippen molar-refractivity contribution in [1.82, 2.24) is 9.88 Å². The summed E-state index contributed by atoms with van der Waals surface area (Å²) in [6, 6.07) is 8.98. The van der Waals surface area contributed by atoms with Gasteiger partial charge in [0.1, 0.15) is 22.4 Å². The van der Waals surface area contributed by atoms with Crippen molar-refractivity contribution in [3.05, 3.63) is 52.7 Å². The third-order valence-corrected chi connectivity index (χ3v) is 4.04. The van der Waals surface area contributed by atoms with Crippen LogP contribution in [0.5, 0.6) is 0 Å². The van der Waals surface area contributed by atoms with Gasteiger partial charge < -0.3 is 9.32 Å². The molecule has 0 bridgehead atoms. The van der Waals surface area contributed by atoms with Gasteiger partial charge in [0.25, 0.3) is 5.91 Å². The fourth-order valence-electron chi connectivity index (χ4n) is 2.43. The summed E-state index contributed by atoms with van der Waals surface area (Å²) in [5, 5.41) is 0.317. The van der Waals surface area contributed by atoms with Crippen LogP contribution in [0.4, 0.5) is 0 Å². The molecule has 1 saturated carbocycles. The maximum absolute atomic E-state index is 12.3. The second kappa shape index (κ2) is 5.53. The van der Waals surface area contributed by atoms with E-state index >= 15 is 0 Å². The maximum Gasteiger partial charge on any atom is 0.272 e. The van der Waals surface area contributed by atoms with Crippen molar-refractivity contribution in [3.8, 4) is 0 Å². The van der Waals surface area contributed by atoms with Gasteiger partial charge in [0.15, 0.2) is 0 Å². The lowest BCUT2D eigenvalue weighted by atomic mass is 10.3. The number of halogens is 1. The molecule has 2 aromatic heterocycles. The number of furan rings is 1. The van der Waals surface area contributed by atoms with Crippen molar-refractivity contribution in [2.24, 2.45) is 5.92 Å². The fourth-order valence-corrected chi connectivity index (χ4v) is 2.59. The molecule has 0 saturated heterocycles. The van der Waals surface area contributed by atoms with E-state index in [0.29, 0.717) is 29.2 Å². The van der Waals surface area contributed by atoms with E-state index in [-0.39, 0.29) is 5.91 Å². The van der Waals surface area contributed by atoms with Gasteiger partial charge in [-0.25, -0.2) is 4.98 Å². The number of pyridine rings is 1. The van der Waals surface area contributed by atoms with Gasteiger partial charge in [0.05, 0.1) is 6.54 Å². The zero-order valence-electron chi connectivity index (χ0n) is 12.0. The minimum absolute atomic E-state index is 0.171. The van der Waals surface area contributed by atoms with Gasteiger partial charge in [-0.15, -0.1) is 0 Å². The lowest BCUT2D eigenvalue weighted by molar-refractivity contribution is 0.0769. The Morgan fingerprint density at radius 3 is 2.86 bits per heavy atom. The second-order valence-corrected chi connectivity index (χ2v) is 6.02. The summed E-state index contributed by atoms with van der Waals surface area (Å²) in [5.74, 6) is 2.91. The van der Waals surface area contributed by atoms with Crippen molar-refractivity contribution >= 4 is 17.5 Å². The number of carbonyl (C=O) groups is 1. The maximum atomic E-state index is 12.3. The quantitative estimate of drug-likeness (QED) is 0.809. The van der Waals surface area contributed by atoms with Gasteiger partial charge in [0.2, 0.25) is 0 Å². The first kappa shape index (κ1) is 14.1. The summed E-state index contributed by atoms with van der Waals surface area (Å²) in [6.07, 6.45) is 1.19. The summed E-state index contributed by atoms with van der Waals surface area (Å²) in [6.45, 7) is 2.64. The third-order valence-electron chi connectivity index (χ3n) is 3.83. The van der Waals surface area contributed by atoms with E-state index in [2.05, 4.69) is 11.9 Å². The summed E-state index contributed by atoms with van der Waals surface area (Å²) < 4.78 is 5.82. The molecule has 0 aliphatic heterocycles. The molecule has 2 heterocycles. The van der Waals surface area contributed by atoms with Crippen LogP contribution in [0.2, 0.25) is 5.15 Å². The molecule has 2 atom stereocenters. The number of nitrogens with zero attached hydrogens (tertiary/aromatic N) is 2. The number of aromatic nitrogens is 1. The van der Waals surface area contributed by atoms with E-state index in [4.69, 9.17) is 16.0 Å². The van der Waals surface area contributed by atoms with Crippen molar-refractivity contribution in [1.29, 1.82) is 0 Å². The highest BCUT2D eigenvalue weighted by Gasteiger charge is 2.36. The summed E-state index contributed by atoms with van der Waals surface area (Å²) in [5.41, 5.74) is 0.340. The molecule has 2 aromatic rings. The Morgan fingerprint density at radius 1 is 1.43 bits per heavy atom. The summed E-state index contributed by atoms with van der Waals surface area (Å²) in [7, 11) is 1.73. The first-order valence-electron chi connectivity index (χ1n) is 7.01. The highest BCUT2D eigenvalue weighted by molar-refractivity contribution is 6.29. The first-order chi connectivity index (χ1) is 10.0.